The lowest BCUT2D eigenvalue weighted by molar-refractivity contribution is 0.598. The van der Waals surface area contributed by atoms with Gasteiger partial charge in [0.05, 0.1) is 0 Å². The highest BCUT2D eigenvalue weighted by molar-refractivity contribution is 6.31. The summed E-state index contributed by atoms with van der Waals surface area (Å²) >= 11 is 5.92. The first-order valence-electron chi connectivity index (χ1n) is 6.92. The average molecular weight is 293 g/mol. The molecule has 0 aliphatic rings. The fourth-order valence-electron chi connectivity index (χ4n) is 1.89. The molecule has 0 heterocycles. The second kappa shape index (κ2) is 8.06. The topological polar surface area (TPSA) is 0 Å². The minimum Gasteiger partial charge on any atom is -0.207 e. The van der Waals surface area contributed by atoms with Crippen molar-refractivity contribution in [1.82, 2.24) is 0 Å². The molecule has 2 aromatic rings. The van der Waals surface area contributed by atoms with E-state index in [-0.39, 0.29) is 11.7 Å². The minimum atomic E-state index is -0.0995. The summed E-state index contributed by atoms with van der Waals surface area (Å²) < 4.78 is 12.8. The van der Waals surface area contributed by atoms with Crippen LogP contribution >= 0.6 is 11.6 Å². The van der Waals surface area contributed by atoms with Crippen LogP contribution in [-0.2, 0) is 0 Å². The van der Waals surface area contributed by atoms with Gasteiger partial charge in [-0.15, -0.1) is 0 Å². The van der Waals surface area contributed by atoms with Crippen LogP contribution in [0.1, 0.15) is 50.7 Å². The molecule has 0 radical (unpaired) electrons. The lowest BCUT2D eigenvalue weighted by Gasteiger charge is -2.05. The van der Waals surface area contributed by atoms with E-state index in [2.05, 4.69) is 19.9 Å². The van der Waals surface area contributed by atoms with Crippen molar-refractivity contribution in [2.24, 2.45) is 0 Å². The van der Waals surface area contributed by atoms with Gasteiger partial charge < -0.3 is 0 Å². The van der Waals surface area contributed by atoms with Crippen molar-refractivity contribution in [3.63, 3.8) is 0 Å². The molecule has 0 aliphatic heterocycles. The molecular weight excluding hydrogens is 271 g/mol. The highest BCUT2D eigenvalue weighted by atomic mass is 35.5. The van der Waals surface area contributed by atoms with Crippen molar-refractivity contribution < 1.29 is 4.39 Å². The first-order chi connectivity index (χ1) is 9.43. The van der Waals surface area contributed by atoms with Gasteiger partial charge in [0.2, 0.25) is 0 Å². The molecule has 2 rings (SSSR count). The maximum absolute atomic E-state index is 12.8. The lowest BCUT2D eigenvalue weighted by atomic mass is 10.0. The molecule has 0 amide bonds. The molecule has 0 spiro atoms. The molecule has 0 fully saturated rings. The summed E-state index contributed by atoms with van der Waals surface area (Å²) in [5.74, 6) is 0.701. The van der Waals surface area contributed by atoms with E-state index in [0.717, 1.165) is 10.6 Å². The van der Waals surface area contributed by atoms with Crippen molar-refractivity contribution in [3.8, 4) is 0 Å². The van der Waals surface area contributed by atoms with Crippen LogP contribution in [0.4, 0.5) is 4.39 Å². The van der Waals surface area contributed by atoms with Crippen molar-refractivity contribution in [3.05, 3.63) is 70.5 Å². The summed E-state index contributed by atoms with van der Waals surface area (Å²) in [5.41, 5.74) is 2.02. The van der Waals surface area contributed by atoms with E-state index in [4.69, 9.17) is 11.6 Å². The van der Waals surface area contributed by atoms with Crippen LogP contribution < -0.4 is 0 Å². The van der Waals surface area contributed by atoms with Gasteiger partial charge in [-0.3, -0.25) is 0 Å². The van der Waals surface area contributed by atoms with E-state index >= 15 is 0 Å². The molecule has 0 saturated heterocycles. The number of halogens is 2. The summed E-state index contributed by atoms with van der Waals surface area (Å²) in [7, 11) is 0. The molecule has 0 saturated carbocycles. The largest absolute Gasteiger partial charge is 0.207 e. The second-order valence-electron chi connectivity index (χ2n) is 5.35. The minimum absolute atomic E-state index is 0.0995. The van der Waals surface area contributed by atoms with Gasteiger partial charge in [-0.1, -0.05) is 75.7 Å². The number of hydrogen-bond acceptors (Lipinski definition) is 0. The van der Waals surface area contributed by atoms with E-state index in [1.54, 1.807) is 6.07 Å². The second-order valence-corrected chi connectivity index (χ2v) is 5.76. The molecule has 108 valence electrons. The van der Waals surface area contributed by atoms with E-state index in [0.29, 0.717) is 5.92 Å². The van der Waals surface area contributed by atoms with Crippen molar-refractivity contribution in [2.45, 2.75) is 39.5 Å². The molecular formula is C18H22ClF. The molecule has 2 aromatic carbocycles. The van der Waals surface area contributed by atoms with E-state index in [1.165, 1.54) is 11.6 Å². The van der Waals surface area contributed by atoms with Crippen molar-refractivity contribution in [2.75, 3.05) is 0 Å². The quantitative estimate of drug-likeness (QED) is 0.599. The molecule has 0 aliphatic carbocycles. The predicted octanol–water partition coefficient (Wildman–Crippen LogP) is 6.41. The average Bonchev–Trinajstić information content (AvgIpc) is 2.40. The zero-order chi connectivity index (χ0) is 15.1. The van der Waals surface area contributed by atoms with Crippen LogP contribution in [0.3, 0.4) is 0 Å². The Morgan fingerprint density at radius 3 is 1.55 bits per heavy atom. The van der Waals surface area contributed by atoms with Gasteiger partial charge in [0.25, 0.3) is 0 Å². The van der Waals surface area contributed by atoms with Gasteiger partial charge in [0, 0.05) is 5.02 Å². The summed E-state index contributed by atoms with van der Waals surface area (Å²) in [6.45, 7) is 8.25. The summed E-state index contributed by atoms with van der Waals surface area (Å²) in [6, 6.07) is 14.8. The van der Waals surface area contributed by atoms with Gasteiger partial charge >= 0.3 is 0 Å². The monoisotopic (exact) mass is 292 g/mol. The maximum atomic E-state index is 12.8. The fraction of sp³-hybridized carbons (Fsp3) is 0.333. The Labute approximate surface area is 126 Å². The highest BCUT2D eigenvalue weighted by Gasteiger charge is 2.03. The molecule has 0 atom stereocenters. The molecule has 0 unspecified atom stereocenters. The van der Waals surface area contributed by atoms with Crippen LogP contribution in [-0.4, -0.2) is 0 Å². The Hall–Kier alpha value is -1.34. The van der Waals surface area contributed by atoms with Crippen molar-refractivity contribution in [1.29, 1.82) is 0 Å². The standard InChI is InChI=1S/C9H11Cl.C9H11F/c2*1-7(2)8-5-3-4-6-9(8)10/h2*3-7H,1-2H3. The predicted molar refractivity (Wildman–Crippen MR) is 86.0 cm³/mol. The molecule has 0 nitrogen and oxygen atoms in total. The fourth-order valence-corrected chi connectivity index (χ4v) is 2.24. The Kier molecular flexibility index (Phi) is 6.74. The third-order valence-electron chi connectivity index (χ3n) is 3.05. The SMILES string of the molecule is CC(C)c1ccccc1Cl.CC(C)c1ccccc1F. The summed E-state index contributed by atoms with van der Waals surface area (Å²) in [6.07, 6.45) is 0. The van der Waals surface area contributed by atoms with Gasteiger partial charge in [0.15, 0.2) is 0 Å². The Morgan fingerprint density at radius 2 is 1.20 bits per heavy atom. The molecule has 0 aromatic heterocycles. The van der Waals surface area contributed by atoms with Gasteiger partial charge in [-0.2, -0.15) is 0 Å². The number of hydrogen-bond donors (Lipinski definition) is 0. The van der Waals surface area contributed by atoms with Crippen LogP contribution in [0.2, 0.25) is 5.02 Å². The van der Waals surface area contributed by atoms with Crippen molar-refractivity contribution >= 4 is 11.6 Å². The van der Waals surface area contributed by atoms with E-state index in [9.17, 15) is 4.39 Å². The zero-order valence-electron chi connectivity index (χ0n) is 12.5. The van der Waals surface area contributed by atoms with Crippen LogP contribution in [0.15, 0.2) is 48.5 Å². The summed E-state index contributed by atoms with van der Waals surface area (Å²) in [5, 5.41) is 0.873. The molecule has 20 heavy (non-hydrogen) atoms. The summed E-state index contributed by atoms with van der Waals surface area (Å²) in [4.78, 5) is 0. The van der Waals surface area contributed by atoms with Crippen LogP contribution in [0, 0.1) is 5.82 Å². The zero-order valence-corrected chi connectivity index (χ0v) is 13.3. The Morgan fingerprint density at radius 1 is 0.750 bits per heavy atom. The lowest BCUT2D eigenvalue weighted by Crippen LogP contribution is -1.90. The smallest absolute Gasteiger partial charge is 0.126 e. The first-order valence-corrected chi connectivity index (χ1v) is 7.30. The molecule has 2 heteroatoms. The third-order valence-corrected chi connectivity index (χ3v) is 3.40. The van der Waals surface area contributed by atoms with E-state index < -0.39 is 0 Å². The normalized spacial score (nSPS) is 10.4. The van der Waals surface area contributed by atoms with Gasteiger partial charge in [-0.25, -0.2) is 4.39 Å². The number of benzene rings is 2. The maximum Gasteiger partial charge on any atom is 0.126 e. The van der Waals surface area contributed by atoms with E-state index in [1.807, 2.05) is 44.2 Å². The Balaban J connectivity index is 0.000000200. The molecule has 0 bridgehead atoms. The first kappa shape index (κ1) is 16.7. The third kappa shape index (κ3) is 4.97. The molecule has 0 N–H and O–H groups in total. The van der Waals surface area contributed by atoms with Crippen LogP contribution in [0.5, 0.6) is 0 Å². The Bertz CT molecular complexity index is 483. The number of rotatable bonds is 2. The van der Waals surface area contributed by atoms with Gasteiger partial charge in [-0.05, 0) is 35.1 Å². The highest BCUT2D eigenvalue weighted by Crippen LogP contribution is 2.22. The van der Waals surface area contributed by atoms with Gasteiger partial charge in [0.1, 0.15) is 5.82 Å². The van der Waals surface area contributed by atoms with Crippen LogP contribution in [0.25, 0.3) is 0 Å².